The van der Waals surface area contributed by atoms with Gasteiger partial charge in [-0.05, 0) is 37.1 Å². The Balaban J connectivity index is 2.23. The van der Waals surface area contributed by atoms with Crippen LogP contribution in [0.25, 0.3) is 0 Å². The van der Waals surface area contributed by atoms with E-state index >= 15 is 0 Å². The van der Waals surface area contributed by atoms with Gasteiger partial charge in [-0.25, -0.2) is 0 Å². The monoisotopic (exact) mass is 398 g/mol. The third-order valence-corrected chi connectivity index (χ3v) is 4.00. The van der Waals surface area contributed by atoms with Crippen LogP contribution in [0.3, 0.4) is 0 Å². The van der Waals surface area contributed by atoms with Crippen LogP contribution in [0.15, 0.2) is 28.7 Å². The smallest absolute Gasteiger partial charge is 0.308 e. The summed E-state index contributed by atoms with van der Waals surface area (Å²) >= 11 is 3.29. The predicted octanol–water partition coefficient (Wildman–Crippen LogP) is 2.27. The Labute approximate surface area is 150 Å². The van der Waals surface area contributed by atoms with E-state index < -0.39 is 5.97 Å². The highest BCUT2D eigenvalue weighted by Gasteiger charge is 2.13. The Morgan fingerprint density at radius 3 is 2.33 bits per heavy atom. The van der Waals surface area contributed by atoms with Gasteiger partial charge in [0, 0.05) is 22.6 Å². The molecular formula is C17H23BrN2O4. The molecule has 1 aromatic carbocycles. The van der Waals surface area contributed by atoms with Gasteiger partial charge in [-0.3, -0.25) is 14.4 Å². The van der Waals surface area contributed by atoms with Crippen molar-refractivity contribution in [3.05, 3.63) is 34.3 Å². The van der Waals surface area contributed by atoms with E-state index in [1.807, 2.05) is 20.8 Å². The lowest BCUT2D eigenvalue weighted by Gasteiger charge is -2.17. The second-order valence-electron chi connectivity index (χ2n) is 5.77. The first kappa shape index (κ1) is 20.2. The highest BCUT2D eigenvalue weighted by Crippen LogP contribution is 2.10. The van der Waals surface area contributed by atoms with Gasteiger partial charge in [-0.1, -0.05) is 29.8 Å². The second kappa shape index (κ2) is 10.1. The Morgan fingerprint density at radius 2 is 1.75 bits per heavy atom. The van der Waals surface area contributed by atoms with E-state index in [1.54, 1.807) is 24.3 Å². The minimum Gasteiger partial charge on any atom is -0.456 e. The number of rotatable bonds is 8. The maximum Gasteiger partial charge on any atom is 0.308 e. The number of nitrogens with one attached hydrogen (secondary N) is 2. The zero-order valence-electron chi connectivity index (χ0n) is 14.1. The fraction of sp³-hybridized carbons (Fsp3) is 0.471. The number of halogens is 1. The van der Waals surface area contributed by atoms with Gasteiger partial charge >= 0.3 is 5.97 Å². The van der Waals surface area contributed by atoms with Crippen LogP contribution >= 0.6 is 15.9 Å². The van der Waals surface area contributed by atoms with E-state index in [-0.39, 0.29) is 37.4 Å². The van der Waals surface area contributed by atoms with Gasteiger partial charge in [-0.2, -0.15) is 0 Å². The van der Waals surface area contributed by atoms with E-state index in [4.69, 9.17) is 4.74 Å². The van der Waals surface area contributed by atoms with Gasteiger partial charge in [0.2, 0.25) is 0 Å². The first-order valence-electron chi connectivity index (χ1n) is 7.78. The summed E-state index contributed by atoms with van der Waals surface area (Å²) in [5.41, 5.74) is 0.508. The van der Waals surface area contributed by atoms with Crippen LogP contribution in [0.4, 0.5) is 0 Å². The normalized spacial score (nSPS) is 11.7. The summed E-state index contributed by atoms with van der Waals surface area (Å²) in [5, 5.41) is 5.37. The average molecular weight is 399 g/mol. The highest BCUT2D eigenvalue weighted by molar-refractivity contribution is 9.10. The number of esters is 1. The molecule has 0 saturated carbocycles. The molecule has 0 heterocycles. The minimum atomic E-state index is -0.529. The lowest BCUT2D eigenvalue weighted by atomic mass is 10.1. The van der Waals surface area contributed by atoms with Crippen molar-refractivity contribution >= 4 is 33.7 Å². The summed E-state index contributed by atoms with van der Waals surface area (Å²) in [4.78, 5) is 35.0. The molecule has 0 aliphatic rings. The van der Waals surface area contributed by atoms with Gasteiger partial charge in [0.25, 0.3) is 11.8 Å². The molecule has 0 bridgehead atoms. The summed E-state index contributed by atoms with van der Waals surface area (Å²) in [6.07, 6.45) is 0.00921. The standard InChI is InChI=1S/C17H23BrN2O4/c1-11(2)12(3)20-15(21)10-24-16(22)8-9-19-17(23)13-4-6-14(18)7-5-13/h4-7,11-12H,8-10H2,1-3H3,(H,19,23)(H,20,21)/t12-/m0/s1. The minimum absolute atomic E-state index is 0.00921. The number of hydrogen-bond acceptors (Lipinski definition) is 4. The van der Waals surface area contributed by atoms with Crippen molar-refractivity contribution in [2.24, 2.45) is 5.92 Å². The van der Waals surface area contributed by atoms with Gasteiger partial charge in [-0.15, -0.1) is 0 Å². The number of ether oxygens (including phenoxy) is 1. The molecular weight excluding hydrogens is 376 g/mol. The van der Waals surface area contributed by atoms with Crippen molar-refractivity contribution in [3.63, 3.8) is 0 Å². The van der Waals surface area contributed by atoms with Gasteiger partial charge in [0.1, 0.15) is 0 Å². The number of carbonyl (C=O) groups excluding carboxylic acids is 3. The fourth-order valence-corrected chi connectivity index (χ4v) is 1.93. The molecule has 1 aromatic rings. The molecule has 1 rings (SSSR count). The molecule has 6 nitrogen and oxygen atoms in total. The maximum atomic E-state index is 11.8. The summed E-state index contributed by atoms with van der Waals surface area (Å²) in [5.74, 6) is -0.820. The molecule has 0 saturated heterocycles. The number of amides is 2. The fourth-order valence-electron chi connectivity index (χ4n) is 1.66. The van der Waals surface area contributed by atoms with Crippen LogP contribution < -0.4 is 10.6 Å². The molecule has 0 aliphatic heterocycles. The first-order chi connectivity index (χ1) is 11.3. The van der Waals surface area contributed by atoms with Gasteiger partial charge < -0.3 is 15.4 Å². The van der Waals surface area contributed by atoms with Crippen molar-refractivity contribution in [1.29, 1.82) is 0 Å². The van der Waals surface area contributed by atoms with Crippen molar-refractivity contribution < 1.29 is 19.1 Å². The van der Waals surface area contributed by atoms with E-state index in [0.29, 0.717) is 11.5 Å². The van der Waals surface area contributed by atoms with E-state index in [0.717, 1.165) is 4.47 Å². The molecule has 0 aromatic heterocycles. The van der Waals surface area contributed by atoms with Crippen molar-refractivity contribution in [3.8, 4) is 0 Å². The van der Waals surface area contributed by atoms with E-state index in [1.165, 1.54) is 0 Å². The molecule has 0 aliphatic carbocycles. The number of hydrogen-bond donors (Lipinski definition) is 2. The van der Waals surface area contributed by atoms with Crippen molar-refractivity contribution in [2.75, 3.05) is 13.2 Å². The molecule has 0 fully saturated rings. The molecule has 7 heteroatoms. The van der Waals surface area contributed by atoms with Gasteiger partial charge in [0.15, 0.2) is 6.61 Å². The van der Waals surface area contributed by atoms with Crippen LogP contribution in [-0.4, -0.2) is 37.0 Å². The Morgan fingerprint density at radius 1 is 1.12 bits per heavy atom. The lowest BCUT2D eigenvalue weighted by molar-refractivity contribution is -0.148. The first-order valence-corrected chi connectivity index (χ1v) is 8.57. The van der Waals surface area contributed by atoms with Crippen LogP contribution in [0.2, 0.25) is 0 Å². The summed E-state index contributed by atoms with van der Waals surface area (Å²) in [6.45, 7) is 5.71. The quantitative estimate of drug-likeness (QED) is 0.657. The molecule has 24 heavy (non-hydrogen) atoms. The average Bonchev–Trinajstić information content (AvgIpc) is 2.53. The predicted molar refractivity (Wildman–Crippen MR) is 94.5 cm³/mol. The number of benzene rings is 1. The third-order valence-electron chi connectivity index (χ3n) is 3.47. The molecule has 2 amide bonds. The zero-order valence-corrected chi connectivity index (χ0v) is 15.7. The molecule has 132 valence electrons. The van der Waals surface area contributed by atoms with Crippen molar-refractivity contribution in [2.45, 2.75) is 33.2 Å². The van der Waals surface area contributed by atoms with Crippen LogP contribution in [0, 0.1) is 5.92 Å². The SMILES string of the molecule is CC(C)[C@H](C)NC(=O)COC(=O)CCNC(=O)c1ccc(Br)cc1. The van der Waals surface area contributed by atoms with Crippen LogP contribution in [-0.2, 0) is 14.3 Å². The Kier molecular flexibility index (Phi) is 8.46. The zero-order chi connectivity index (χ0) is 18.1. The van der Waals surface area contributed by atoms with Crippen LogP contribution in [0.1, 0.15) is 37.6 Å². The molecule has 0 unspecified atom stereocenters. The molecule has 2 N–H and O–H groups in total. The Hall–Kier alpha value is -1.89. The maximum absolute atomic E-state index is 11.8. The van der Waals surface area contributed by atoms with Crippen LogP contribution in [0.5, 0.6) is 0 Å². The summed E-state index contributed by atoms with van der Waals surface area (Å²) in [6, 6.07) is 6.90. The summed E-state index contributed by atoms with van der Waals surface area (Å²) in [7, 11) is 0. The molecule has 1 atom stereocenters. The largest absolute Gasteiger partial charge is 0.456 e. The van der Waals surface area contributed by atoms with E-state index in [9.17, 15) is 14.4 Å². The summed E-state index contributed by atoms with van der Waals surface area (Å²) < 4.78 is 5.76. The lowest BCUT2D eigenvalue weighted by Crippen LogP contribution is -2.38. The molecule has 0 radical (unpaired) electrons. The van der Waals surface area contributed by atoms with Crippen molar-refractivity contribution in [1.82, 2.24) is 10.6 Å². The highest BCUT2D eigenvalue weighted by atomic mass is 79.9. The Bertz CT molecular complexity index is 572. The van der Waals surface area contributed by atoms with Gasteiger partial charge in [0.05, 0.1) is 6.42 Å². The number of carbonyl (C=O) groups is 3. The van der Waals surface area contributed by atoms with E-state index in [2.05, 4.69) is 26.6 Å². The topological polar surface area (TPSA) is 84.5 Å². The third kappa shape index (κ3) is 7.59. The second-order valence-corrected chi connectivity index (χ2v) is 6.69. The molecule has 0 spiro atoms.